The first-order valence-corrected chi connectivity index (χ1v) is 22.5. The fourth-order valence-electron chi connectivity index (χ4n) is 7.67. The Kier molecular flexibility index (Phi) is 17.7. The summed E-state index contributed by atoms with van der Waals surface area (Å²) in [6, 6.07) is 24.3. The molecule has 2 nitrogen and oxygen atoms in total. The van der Waals surface area contributed by atoms with Gasteiger partial charge >= 0.3 is 0 Å². The lowest BCUT2D eigenvalue weighted by Gasteiger charge is -2.29. The van der Waals surface area contributed by atoms with Gasteiger partial charge in [-0.2, -0.15) is 0 Å². The molecule has 0 fully saturated rings. The van der Waals surface area contributed by atoms with Crippen molar-refractivity contribution in [3.8, 4) is 0 Å². The van der Waals surface area contributed by atoms with E-state index in [-0.39, 0.29) is 16.2 Å². The summed E-state index contributed by atoms with van der Waals surface area (Å²) in [7, 11) is 0. The van der Waals surface area contributed by atoms with Crippen LogP contribution < -0.4 is 5.73 Å². The van der Waals surface area contributed by atoms with Crippen LogP contribution in [0.3, 0.4) is 0 Å². The van der Waals surface area contributed by atoms with Gasteiger partial charge in [-0.15, -0.1) is 18.3 Å². The second kappa shape index (κ2) is 21.5. The summed E-state index contributed by atoms with van der Waals surface area (Å²) in [6.07, 6.45) is 21.8. The molecule has 0 bridgehead atoms. The molecule has 0 spiro atoms. The smallest absolute Gasteiger partial charge is 0.0266 e. The third-order valence-electron chi connectivity index (χ3n) is 10.6. The van der Waals surface area contributed by atoms with E-state index < -0.39 is 0 Å². The minimum atomic E-state index is -0.120. The van der Waals surface area contributed by atoms with Crippen LogP contribution in [0, 0.1) is 5.92 Å². The number of benzene rings is 3. The van der Waals surface area contributed by atoms with Gasteiger partial charge in [-0.25, -0.2) is 0 Å². The molecule has 0 saturated carbocycles. The highest BCUT2D eigenvalue weighted by Crippen LogP contribution is 2.53. The van der Waals surface area contributed by atoms with Crippen molar-refractivity contribution in [1.29, 1.82) is 0 Å². The first-order valence-electron chi connectivity index (χ1n) is 20.4. The lowest BCUT2D eigenvalue weighted by Crippen LogP contribution is -2.21. The lowest BCUT2D eigenvalue weighted by molar-refractivity contribution is 0.622. The minimum Gasteiger partial charge on any atom is -0.405 e. The predicted octanol–water partition coefficient (Wildman–Crippen LogP) is 15.9. The number of rotatable bonds is 7. The number of hydrogen-bond donors (Lipinski definition) is 1. The fraction of sp³-hybridized carbons (Fsp3) is 0.291. The number of aliphatic imine (C=N–C) groups is 1. The molecule has 4 heteroatoms. The summed E-state index contributed by atoms with van der Waals surface area (Å²) in [5, 5.41) is 0. The second-order valence-corrected chi connectivity index (χ2v) is 18.9. The average molecular weight is 821 g/mol. The molecule has 0 unspecified atom stereocenters. The van der Waals surface area contributed by atoms with E-state index in [4.69, 9.17) is 5.73 Å². The standard InChI is InChI=1S/C28H32N2S.C20H20S.C4H10.C3H6/c1-27(2,25-12-7-8-13-26(25)31-6)20-14-15-24-22(19-20)21(16-18-30-5)23(28(24,3)4)11-9-10-17-29;1-6-18-13(2)11-12-17-19(14(3)21-18)15-9-7-8-10-16(15)20(17,4)5;1-4(2)3;1-3-2/h7-19H,5,29H2,1-4,6H3;6-12H,2-3H2,1,4-5H3;4H,1-3H3;3H,1H2,2H3/b11-9+,17-10+,18-16-;12-11-,18-6-;;. The van der Waals surface area contributed by atoms with Crippen LogP contribution in [0.2, 0.25) is 0 Å². The fourth-order valence-corrected chi connectivity index (χ4v) is 9.33. The van der Waals surface area contributed by atoms with Crippen LogP contribution in [0.4, 0.5) is 0 Å². The maximum absolute atomic E-state index is 5.54. The zero-order valence-corrected chi connectivity index (χ0v) is 39.5. The van der Waals surface area contributed by atoms with E-state index in [2.05, 4.69) is 204 Å². The van der Waals surface area contributed by atoms with Gasteiger partial charge in [0.15, 0.2) is 0 Å². The summed E-state index contributed by atoms with van der Waals surface area (Å²) in [6.45, 7) is 39.7. The summed E-state index contributed by atoms with van der Waals surface area (Å²) >= 11 is 3.53. The van der Waals surface area contributed by atoms with Crippen LogP contribution in [-0.2, 0) is 16.2 Å². The average Bonchev–Trinajstić information content (AvgIpc) is 3.55. The zero-order chi connectivity index (χ0) is 44.1. The highest BCUT2D eigenvalue weighted by atomic mass is 32.2. The molecule has 2 aliphatic carbocycles. The molecule has 3 aliphatic rings. The number of hydrogen-bond acceptors (Lipinski definition) is 4. The highest BCUT2D eigenvalue weighted by Gasteiger charge is 2.39. The van der Waals surface area contributed by atoms with E-state index in [9.17, 15) is 0 Å². The number of thioether (sulfide) groups is 2. The largest absolute Gasteiger partial charge is 0.405 e. The maximum atomic E-state index is 5.54. The van der Waals surface area contributed by atoms with Crippen molar-refractivity contribution < 1.29 is 0 Å². The number of allylic oxidation sites excluding steroid dienone is 13. The van der Waals surface area contributed by atoms with E-state index in [1.807, 2.05) is 19.1 Å². The van der Waals surface area contributed by atoms with Gasteiger partial charge in [-0.05, 0) is 124 Å². The van der Waals surface area contributed by atoms with E-state index in [1.165, 1.54) is 65.5 Å². The SMILES string of the molecule is C=C1S/C(=C\C)C(=C)/C=C\C2=C1c1ccccc1C2(C)C.C=CC.C=N/C=C\C1=C(/C=C/C=C/N)C(C)(C)c2ccc(C(C)(C)c3ccccc3SC)cc21.CC(C)C. The van der Waals surface area contributed by atoms with Gasteiger partial charge in [0.1, 0.15) is 0 Å². The van der Waals surface area contributed by atoms with Gasteiger partial charge in [-0.1, -0.05) is 178 Å². The van der Waals surface area contributed by atoms with Crippen LogP contribution in [0.15, 0.2) is 184 Å². The van der Waals surface area contributed by atoms with Gasteiger partial charge < -0.3 is 5.73 Å². The monoisotopic (exact) mass is 820 g/mol. The van der Waals surface area contributed by atoms with Crippen molar-refractivity contribution in [2.45, 2.75) is 97.3 Å². The van der Waals surface area contributed by atoms with Gasteiger partial charge in [0.25, 0.3) is 0 Å². The van der Waals surface area contributed by atoms with Crippen LogP contribution >= 0.6 is 23.5 Å². The number of fused-ring (bicyclic) bond motifs is 3. The van der Waals surface area contributed by atoms with Gasteiger partial charge in [0.2, 0.25) is 0 Å². The zero-order valence-electron chi connectivity index (χ0n) is 37.9. The second-order valence-electron chi connectivity index (χ2n) is 16.9. The Hall–Kier alpha value is -4.77. The van der Waals surface area contributed by atoms with Crippen LogP contribution in [-0.4, -0.2) is 13.0 Å². The summed E-state index contributed by atoms with van der Waals surface area (Å²) in [5.74, 6) is 0.833. The molecular weight excluding hydrogens is 753 g/mol. The molecule has 310 valence electrons. The Labute approximate surface area is 367 Å². The normalized spacial score (nSPS) is 17.7. The molecule has 2 N–H and O–H groups in total. The third kappa shape index (κ3) is 11.1. The molecule has 3 aromatic rings. The lowest BCUT2D eigenvalue weighted by atomic mass is 9.75. The van der Waals surface area contributed by atoms with Crippen LogP contribution in [0.5, 0.6) is 0 Å². The predicted molar refractivity (Wildman–Crippen MR) is 269 cm³/mol. The van der Waals surface area contributed by atoms with Crippen molar-refractivity contribution >= 4 is 41.4 Å². The third-order valence-corrected chi connectivity index (χ3v) is 12.6. The molecule has 3 aromatic carbocycles. The van der Waals surface area contributed by atoms with Crippen molar-refractivity contribution in [2.24, 2.45) is 16.6 Å². The molecule has 0 aromatic heterocycles. The summed E-state index contributed by atoms with van der Waals surface area (Å²) < 4.78 is 0. The molecule has 0 amide bonds. The molecule has 0 atom stereocenters. The molecule has 1 heterocycles. The molecule has 59 heavy (non-hydrogen) atoms. The molecule has 1 aliphatic heterocycles. The molecule has 0 saturated heterocycles. The van der Waals surface area contributed by atoms with Gasteiger partial charge in [-0.3, -0.25) is 4.99 Å². The quantitative estimate of drug-likeness (QED) is 0.112. The Morgan fingerprint density at radius 3 is 2.05 bits per heavy atom. The van der Waals surface area contributed by atoms with Gasteiger partial charge in [0, 0.05) is 37.2 Å². The Morgan fingerprint density at radius 2 is 1.44 bits per heavy atom. The first kappa shape index (κ1) is 48.6. The Bertz CT molecular complexity index is 2240. The summed E-state index contributed by atoms with van der Waals surface area (Å²) in [4.78, 5) is 7.58. The van der Waals surface area contributed by atoms with Crippen molar-refractivity contribution in [1.82, 2.24) is 0 Å². The Balaban J connectivity index is 0.000000286. The van der Waals surface area contributed by atoms with Crippen LogP contribution in [0.1, 0.15) is 110 Å². The van der Waals surface area contributed by atoms with Crippen molar-refractivity contribution in [2.75, 3.05) is 6.26 Å². The van der Waals surface area contributed by atoms with Crippen molar-refractivity contribution in [3.63, 3.8) is 0 Å². The van der Waals surface area contributed by atoms with Crippen LogP contribution in [0.25, 0.3) is 11.1 Å². The highest BCUT2D eigenvalue weighted by molar-refractivity contribution is 8.07. The number of nitrogens with two attached hydrogens (primary N) is 1. The molecule has 6 rings (SSSR count). The first-order chi connectivity index (χ1) is 27.9. The maximum Gasteiger partial charge on any atom is 0.0266 e. The topological polar surface area (TPSA) is 38.4 Å². The van der Waals surface area contributed by atoms with E-state index in [1.54, 1.807) is 42.0 Å². The number of nitrogens with zero attached hydrogens (tertiary/aromatic N) is 1. The summed E-state index contributed by atoms with van der Waals surface area (Å²) in [5.41, 5.74) is 19.4. The van der Waals surface area contributed by atoms with E-state index in [0.717, 1.165) is 16.4 Å². The molecular formula is C55H68N2S2. The van der Waals surface area contributed by atoms with Gasteiger partial charge in [0.05, 0.1) is 0 Å². The van der Waals surface area contributed by atoms with Crippen molar-refractivity contribution in [3.05, 3.63) is 207 Å². The Morgan fingerprint density at radius 1 is 0.831 bits per heavy atom. The molecule has 0 radical (unpaired) electrons. The van der Waals surface area contributed by atoms with E-state index in [0.29, 0.717) is 0 Å². The van der Waals surface area contributed by atoms with E-state index >= 15 is 0 Å². The minimum absolute atomic E-state index is 0.0135.